The second-order valence-corrected chi connectivity index (χ2v) is 5.57. The lowest BCUT2D eigenvalue weighted by Crippen LogP contribution is -2.46. The van der Waals surface area contributed by atoms with Crippen LogP contribution in [0.2, 0.25) is 0 Å². The van der Waals surface area contributed by atoms with E-state index in [1.54, 1.807) is 0 Å². The molecule has 1 fully saturated rings. The number of unbranched alkanes of at least 4 members (excludes halogenated alkanes) is 1. The fourth-order valence-electron chi connectivity index (χ4n) is 1.68. The quantitative estimate of drug-likeness (QED) is 0.610. The summed E-state index contributed by atoms with van der Waals surface area (Å²) in [4.78, 5) is 0. The maximum absolute atomic E-state index is 9.35. The first kappa shape index (κ1) is 12.3. The Morgan fingerprint density at radius 2 is 2.14 bits per heavy atom. The van der Waals surface area contributed by atoms with Crippen molar-refractivity contribution >= 4 is 11.8 Å². The molecule has 1 atom stereocenters. The molecular formula is C11H23NOS. The summed E-state index contributed by atoms with van der Waals surface area (Å²) < 4.78 is 0. The molecule has 1 aliphatic rings. The van der Waals surface area contributed by atoms with Crippen LogP contribution in [0.3, 0.4) is 0 Å². The Labute approximate surface area is 91.9 Å². The molecule has 0 bridgehead atoms. The normalized spacial score (nSPS) is 20.8. The van der Waals surface area contributed by atoms with E-state index in [0.717, 1.165) is 6.42 Å². The molecule has 0 aromatic heterocycles. The van der Waals surface area contributed by atoms with Gasteiger partial charge in [0.1, 0.15) is 0 Å². The molecule has 84 valence electrons. The van der Waals surface area contributed by atoms with Crippen LogP contribution in [0.25, 0.3) is 0 Å². The van der Waals surface area contributed by atoms with Crippen molar-refractivity contribution in [2.45, 2.75) is 50.6 Å². The Bertz CT molecular complexity index is 161. The Balaban J connectivity index is 2.14. The van der Waals surface area contributed by atoms with Crippen LogP contribution in [0.15, 0.2) is 0 Å². The van der Waals surface area contributed by atoms with Gasteiger partial charge in [-0.3, -0.25) is 0 Å². The van der Waals surface area contributed by atoms with Crippen molar-refractivity contribution < 1.29 is 5.11 Å². The van der Waals surface area contributed by atoms with Crippen LogP contribution in [0, 0.1) is 0 Å². The van der Waals surface area contributed by atoms with Gasteiger partial charge in [-0.2, -0.15) is 11.8 Å². The van der Waals surface area contributed by atoms with Gasteiger partial charge < -0.3 is 10.4 Å². The number of nitrogens with one attached hydrogen (secondary N) is 1. The minimum Gasteiger partial charge on any atom is -0.394 e. The maximum Gasteiger partial charge on any atom is 0.0610 e. The van der Waals surface area contributed by atoms with E-state index in [1.165, 1.54) is 31.4 Å². The zero-order chi connectivity index (χ0) is 10.4. The number of rotatable bonds is 8. The molecular weight excluding hydrogens is 194 g/mol. The van der Waals surface area contributed by atoms with Crippen LogP contribution in [-0.2, 0) is 0 Å². The number of aliphatic hydroxyl groups excluding tert-OH is 1. The van der Waals surface area contributed by atoms with Crippen LogP contribution in [-0.4, -0.2) is 35.3 Å². The molecule has 1 rings (SSSR count). The van der Waals surface area contributed by atoms with Gasteiger partial charge in [-0.05, 0) is 44.6 Å². The van der Waals surface area contributed by atoms with Crippen molar-refractivity contribution in [1.29, 1.82) is 0 Å². The van der Waals surface area contributed by atoms with E-state index in [0.29, 0.717) is 6.04 Å². The standard InChI is InChI=1S/C11H23NOS/c1-11(9-13,12-10-5-6-10)7-3-4-8-14-2/h10,12-13H,3-9H2,1-2H3. The van der Waals surface area contributed by atoms with E-state index < -0.39 is 0 Å². The monoisotopic (exact) mass is 217 g/mol. The zero-order valence-corrected chi connectivity index (χ0v) is 10.2. The number of aliphatic hydroxyl groups is 1. The lowest BCUT2D eigenvalue weighted by atomic mass is 9.96. The summed E-state index contributed by atoms with van der Waals surface area (Å²) in [6, 6.07) is 0.688. The Morgan fingerprint density at radius 1 is 1.43 bits per heavy atom. The summed E-state index contributed by atoms with van der Waals surface area (Å²) in [5, 5.41) is 12.9. The molecule has 0 aliphatic heterocycles. The summed E-state index contributed by atoms with van der Waals surface area (Å²) >= 11 is 1.90. The van der Waals surface area contributed by atoms with Gasteiger partial charge in [-0.15, -0.1) is 0 Å². The molecule has 0 heterocycles. The summed E-state index contributed by atoms with van der Waals surface area (Å²) in [5.74, 6) is 1.24. The molecule has 3 heteroatoms. The molecule has 0 aromatic rings. The first-order chi connectivity index (χ1) is 6.70. The van der Waals surface area contributed by atoms with Gasteiger partial charge in [-0.25, -0.2) is 0 Å². The summed E-state index contributed by atoms with van der Waals surface area (Å²) in [7, 11) is 0. The van der Waals surface area contributed by atoms with Gasteiger partial charge >= 0.3 is 0 Å². The third-order valence-electron chi connectivity index (χ3n) is 2.81. The highest BCUT2D eigenvalue weighted by Crippen LogP contribution is 2.25. The fourth-order valence-corrected chi connectivity index (χ4v) is 2.17. The highest BCUT2D eigenvalue weighted by atomic mass is 32.2. The zero-order valence-electron chi connectivity index (χ0n) is 9.38. The number of hydrogen-bond donors (Lipinski definition) is 2. The molecule has 2 N–H and O–H groups in total. The van der Waals surface area contributed by atoms with Crippen LogP contribution in [0.4, 0.5) is 0 Å². The van der Waals surface area contributed by atoms with Gasteiger partial charge in [0.25, 0.3) is 0 Å². The summed E-state index contributed by atoms with van der Waals surface area (Å²) in [6.45, 7) is 2.41. The lowest BCUT2D eigenvalue weighted by molar-refractivity contribution is 0.161. The largest absolute Gasteiger partial charge is 0.394 e. The average molecular weight is 217 g/mol. The van der Waals surface area contributed by atoms with Crippen LogP contribution < -0.4 is 5.32 Å². The fraction of sp³-hybridized carbons (Fsp3) is 1.00. The molecule has 0 saturated heterocycles. The van der Waals surface area contributed by atoms with E-state index in [2.05, 4.69) is 18.5 Å². The Morgan fingerprint density at radius 3 is 2.64 bits per heavy atom. The molecule has 2 nitrogen and oxygen atoms in total. The molecule has 1 unspecified atom stereocenters. The van der Waals surface area contributed by atoms with Crippen LogP contribution in [0.5, 0.6) is 0 Å². The third kappa shape index (κ3) is 4.67. The van der Waals surface area contributed by atoms with Crippen molar-refractivity contribution in [1.82, 2.24) is 5.32 Å². The minimum atomic E-state index is -0.0282. The van der Waals surface area contributed by atoms with E-state index in [4.69, 9.17) is 0 Å². The number of hydrogen-bond acceptors (Lipinski definition) is 3. The van der Waals surface area contributed by atoms with Gasteiger partial charge in [0.05, 0.1) is 6.61 Å². The van der Waals surface area contributed by atoms with Crippen molar-refractivity contribution in [3.8, 4) is 0 Å². The average Bonchev–Trinajstić information content (AvgIpc) is 2.96. The molecule has 1 aliphatic carbocycles. The first-order valence-corrected chi connectivity index (χ1v) is 6.97. The van der Waals surface area contributed by atoms with Crippen molar-refractivity contribution in [2.24, 2.45) is 0 Å². The SMILES string of the molecule is CSCCCCC(C)(CO)NC1CC1. The van der Waals surface area contributed by atoms with Crippen LogP contribution in [0.1, 0.15) is 39.0 Å². The topological polar surface area (TPSA) is 32.3 Å². The van der Waals surface area contributed by atoms with Crippen molar-refractivity contribution in [3.05, 3.63) is 0 Å². The molecule has 0 spiro atoms. The predicted molar refractivity (Wildman–Crippen MR) is 63.9 cm³/mol. The number of thioether (sulfide) groups is 1. The van der Waals surface area contributed by atoms with Gasteiger partial charge in [0.2, 0.25) is 0 Å². The van der Waals surface area contributed by atoms with E-state index >= 15 is 0 Å². The van der Waals surface area contributed by atoms with Gasteiger partial charge in [0.15, 0.2) is 0 Å². The maximum atomic E-state index is 9.35. The van der Waals surface area contributed by atoms with E-state index in [9.17, 15) is 5.11 Å². The first-order valence-electron chi connectivity index (χ1n) is 5.58. The second-order valence-electron chi connectivity index (χ2n) is 4.59. The molecule has 0 aromatic carbocycles. The summed E-state index contributed by atoms with van der Waals surface area (Å²) in [6.07, 6.45) is 8.32. The molecule has 0 amide bonds. The Hall–Kier alpha value is 0.270. The smallest absolute Gasteiger partial charge is 0.0610 e. The molecule has 14 heavy (non-hydrogen) atoms. The highest BCUT2D eigenvalue weighted by Gasteiger charge is 2.31. The molecule has 0 radical (unpaired) electrons. The third-order valence-corrected chi connectivity index (χ3v) is 3.50. The van der Waals surface area contributed by atoms with Crippen molar-refractivity contribution in [2.75, 3.05) is 18.6 Å². The summed E-state index contributed by atoms with van der Waals surface area (Å²) in [5.41, 5.74) is -0.0282. The lowest BCUT2D eigenvalue weighted by Gasteiger charge is -2.29. The second kappa shape index (κ2) is 5.99. The van der Waals surface area contributed by atoms with Gasteiger partial charge in [0, 0.05) is 11.6 Å². The minimum absolute atomic E-state index is 0.0282. The highest BCUT2D eigenvalue weighted by molar-refractivity contribution is 7.98. The van der Waals surface area contributed by atoms with E-state index in [1.807, 2.05) is 11.8 Å². The Kier molecular flexibility index (Phi) is 5.28. The van der Waals surface area contributed by atoms with Crippen LogP contribution >= 0.6 is 11.8 Å². The predicted octanol–water partition coefficient (Wildman–Crippen LogP) is 2.02. The van der Waals surface area contributed by atoms with E-state index in [-0.39, 0.29) is 12.1 Å². The van der Waals surface area contributed by atoms with Gasteiger partial charge in [-0.1, -0.05) is 6.42 Å². The molecule has 1 saturated carbocycles. The van der Waals surface area contributed by atoms with Crippen molar-refractivity contribution in [3.63, 3.8) is 0 Å².